The zero-order valence-corrected chi connectivity index (χ0v) is 16.6. The number of H-pyrrole nitrogens is 1. The van der Waals surface area contributed by atoms with E-state index >= 15 is 0 Å². The molecule has 3 heterocycles. The smallest absolute Gasteiger partial charge is 0.326 e. The van der Waals surface area contributed by atoms with Gasteiger partial charge in [-0.05, 0) is 56.1 Å². The predicted molar refractivity (Wildman–Crippen MR) is 117 cm³/mol. The van der Waals surface area contributed by atoms with Crippen LogP contribution >= 0.6 is 0 Å². The second kappa shape index (κ2) is 7.04. The Balaban J connectivity index is 1.59. The van der Waals surface area contributed by atoms with E-state index in [1.807, 2.05) is 19.1 Å². The van der Waals surface area contributed by atoms with E-state index < -0.39 is 0 Å². The van der Waals surface area contributed by atoms with Crippen molar-refractivity contribution >= 4 is 27.8 Å². The number of nitrogen functional groups attached to an aromatic ring is 1. The first-order valence-electron chi connectivity index (χ1n) is 10.2. The van der Waals surface area contributed by atoms with Crippen LogP contribution in [0.3, 0.4) is 0 Å². The Kier molecular flexibility index (Phi) is 4.36. The zero-order valence-electron chi connectivity index (χ0n) is 16.6. The fourth-order valence-electron chi connectivity index (χ4n) is 4.42. The molecule has 148 valence electrons. The van der Waals surface area contributed by atoms with Gasteiger partial charge in [-0.3, -0.25) is 9.47 Å². The Morgan fingerprint density at radius 2 is 1.83 bits per heavy atom. The van der Waals surface area contributed by atoms with Crippen molar-refractivity contribution in [3.63, 3.8) is 0 Å². The lowest BCUT2D eigenvalue weighted by molar-refractivity contribution is 0.331. The van der Waals surface area contributed by atoms with Crippen molar-refractivity contribution in [2.24, 2.45) is 0 Å². The number of aromatic nitrogens is 3. The van der Waals surface area contributed by atoms with Crippen molar-refractivity contribution in [2.45, 2.75) is 32.9 Å². The number of nitrogens with zero attached hydrogens (tertiary/aromatic N) is 3. The summed E-state index contributed by atoms with van der Waals surface area (Å²) in [6.45, 7) is 5.85. The number of aromatic amines is 1. The van der Waals surface area contributed by atoms with Crippen molar-refractivity contribution in [1.82, 2.24) is 19.4 Å². The van der Waals surface area contributed by atoms with Crippen LogP contribution in [-0.4, -0.2) is 32.5 Å². The van der Waals surface area contributed by atoms with Crippen molar-refractivity contribution in [1.29, 1.82) is 0 Å². The van der Waals surface area contributed by atoms with E-state index in [-0.39, 0.29) is 5.69 Å². The third-order valence-corrected chi connectivity index (χ3v) is 5.82. The lowest BCUT2D eigenvalue weighted by atomic mass is 10.1. The lowest BCUT2D eigenvalue weighted by Crippen LogP contribution is -2.19. The number of hydrogen-bond acceptors (Lipinski definition) is 4. The minimum absolute atomic E-state index is 0.160. The summed E-state index contributed by atoms with van der Waals surface area (Å²) in [5, 5.41) is 0.945. The zero-order chi connectivity index (χ0) is 20.0. The Labute approximate surface area is 169 Å². The number of benzene rings is 2. The largest absolute Gasteiger partial charge is 0.382 e. The van der Waals surface area contributed by atoms with Crippen LogP contribution in [0.15, 0.2) is 47.3 Å². The Morgan fingerprint density at radius 3 is 2.62 bits per heavy atom. The number of likely N-dealkylation sites (tertiary alicyclic amines) is 1. The summed E-state index contributed by atoms with van der Waals surface area (Å²) >= 11 is 0. The number of imidazole rings is 1. The van der Waals surface area contributed by atoms with Gasteiger partial charge >= 0.3 is 5.69 Å². The molecule has 0 radical (unpaired) electrons. The second-order valence-corrected chi connectivity index (χ2v) is 8.06. The number of nitrogens with one attached hydrogen (secondary N) is 1. The molecule has 6 heteroatoms. The molecule has 6 nitrogen and oxygen atoms in total. The number of aryl methyl sites for hydroxylation is 1. The van der Waals surface area contributed by atoms with Crippen LogP contribution in [-0.2, 0) is 13.1 Å². The van der Waals surface area contributed by atoms with Gasteiger partial charge in [-0.15, -0.1) is 0 Å². The first-order valence-corrected chi connectivity index (χ1v) is 10.2. The lowest BCUT2D eigenvalue weighted by Gasteiger charge is -2.15. The predicted octanol–water partition coefficient (Wildman–Crippen LogP) is 3.41. The van der Waals surface area contributed by atoms with Gasteiger partial charge in [-0.1, -0.05) is 35.9 Å². The summed E-state index contributed by atoms with van der Waals surface area (Å²) in [6.07, 6.45) is 2.57. The molecule has 0 bridgehead atoms. The molecule has 1 saturated heterocycles. The molecular formula is C23H25N5O. The van der Waals surface area contributed by atoms with Crippen LogP contribution in [0.4, 0.5) is 5.82 Å². The highest BCUT2D eigenvalue weighted by Crippen LogP contribution is 2.27. The molecule has 0 aliphatic carbocycles. The summed E-state index contributed by atoms with van der Waals surface area (Å²) in [4.78, 5) is 22.7. The molecule has 1 aliphatic heterocycles. The topological polar surface area (TPSA) is 79.9 Å². The van der Waals surface area contributed by atoms with Crippen molar-refractivity contribution < 1.29 is 0 Å². The highest BCUT2D eigenvalue weighted by molar-refractivity contribution is 6.06. The number of fused-ring (bicyclic) bond motifs is 3. The van der Waals surface area contributed by atoms with Crippen LogP contribution in [0.2, 0.25) is 0 Å². The highest BCUT2D eigenvalue weighted by Gasteiger charge is 2.16. The summed E-state index contributed by atoms with van der Waals surface area (Å²) in [5.41, 5.74) is 11.8. The third-order valence-electron chi connectivity index (χ3n) is 5.82. The summed E-state index contributed by atoms with van der Waals surface area (Å²) < 4.78 is 1.78. The van der Waals surface area contributed by atoms with Crippen LogP contribution < -0.4 is 11.4 Å². The summed E-state index contributed by atoms with van der Waals surface area (Å²) in [7, 11) is 0. The monoisotopic (exact) mass is 387 g/mol. The number of rotatable bonds is 4. The van der Waals surface area contributed by atoms with Gasteiger partial charge in [0.15, 0.2) is 0 Å². The van der Waals surface area contributed by atoms with Gasteiger partial charge in [0.05, 0.1) is 17.6 Å². The fourth-order valence-corrected chi connectivity index (χ4v) is 4.42. The first-order chi connectivity index (χ1) is 14.1. The van der Waals surface area contributed by atoms with E-state index in [1.54, 1.807) is 4.57 Å². The van der Waals surface area contributed by atoms with E-state index in [2.05, 4.69) is 45.2 Å². The number of nitrogens with two attached hydrogens (primary N) is 1. The molecule has 4 aromatic rings. The molecule has 1 fully saturated rings. The maximum Gasteiger partial charge on any atom is 0.326 e. The average Bonchev–Trinajstić information content (AvgIpc) is 3.32. The molecule has 0 spiro atoms. The van der Waals surface area contributed by atoms with E-state index in [4.69, 9.17) is 5.73 Å². The molecule has 0 amide bonds. The molecular weight excluding hydrogens is 362 g/mol. The Bertz CT molecular complexity index is 1260. The molecule has 0 saturated carbocycles. The van der Waals surface area contributed by atoms with Gasteiger partial charge in [-0.2, -0.15) is 0 Å². The van der Waals surface area contributed by atoms with E-state index in [9.17, 15) is 4.79 Å². The highest BCUT2D eigenvalue weighted by atomic mass is 16.1. The summed E-state index contributed by atoms with van der Waals surface area (Å²) in [5.74, 6) is 0.356. The van der Waals surface area contributed by atoms with Gasteiger partial charge in [0.1, 0.15) is 11.3 Å². The molecule has 1 aliphatic rings. The standard InChI is InChI=1S/C23H25N5O/c1-15-7-8-19-18(11-15)21-20(22(24)25-19)26-23(29)28(21)14-17-6-4-5-16(12-17)13-27-9-2-3-10-27/h4-8,11-12H,2-3,9-10,13-14H2,1H3,(H2,24,25)(H,26,29). The van der Waals surface area contributed by atoms with Crippen LogP contribution in [0, 0.1) is 6.92 Å². The quantitative estimate of drug-likeness (QED) is 0.562. The van der Waals surface area contributed by atoms with E-state index in [0.29, 0.717) is 17.9 Å². The maximum atomic E-state index is 12.8. The minimum atomic E-state index is -0.160. The molecule has 2 aromatic carbocycles. The molecule has 0 unspecified atom stereocenters. The molecule has 2 aromatic heterocycles. The molecule has 3 N–H and O–H groups in total. The number of anilines is 1. The van der Waals surface area contributed by atoms with Gasteiger partial charge in [-0.25, -0.2) is 9.78 Å². The van der Waals surface area contributed by atoms with Crippen LogP contribution in [0.5, 0.6) is 0 Å². The average molecular weight is 387 g/mol. The van der Waals surface area contributed by atoms with Crippen molar-refractivity contribution in [3.05, 3.63) is 69.6 Å². The minimum Gasteiger partial charge on any atom is -0.382 e. The van der Waals surface area contributed by atoms with Gasteiger partial charge in [0, 0.05) is 11.9 Å². The molecule has 0 atom stereocenters. The SMILES string of the molecule is Cc1ccc2nc(N)c3[nH]c(=O)n(Cc4cccc(CN5CCCC5)c4)c3c2c1. The van der Waals surface area contributed by atoms with Gasteiger partial charge in [0.2, 0.25) is 0 Å². The van der Waals surface area contributed by atoms with Gasteiger partial charge in [0.25, 0.3) is 0 Å². The maximum absolute atomic E-state index is 12.8. The Morgan fingerprint density at radius 1 is 1.07 bits per heavy atom. The first kappa shape index (κ1) is 17.9. The normalized spacial score (nSPS) is 14.9. The number of pyridine rings is 1. The Hall–Kier alpha value is -3.12. The van der Waals surface area contributed by atoms with E-state index in [1.165, 1.54) is 31.5 Å². The van der Waals surface area contributed by atoms with Crippen LogP contribution in [0.1, 0.15) is 29.5 Å². The van der Waals surface area contributed by atoms with Crippen molar-refractivity contribution in [3.8, 4) is 0 Å². The van der Waals surface area contributed by atoms with Crippen LogP contribution in [0.25, 0.3) is 21.9 Å². The molecule has 5 rings (SSSR count). The van der Waals surface area contributed by atoms with E-state index in [0.717, 1.165) is 34.1 Å². The third kappa shape index (κ3) is 3.29. The number of hydrogen-bond donors (Lipinski definition) is 2. The van der Waals surface area contributed by atoms with Crippen molar-refractivity contribution in [2.75, 3.05) is 18.8 Å². The fraction of sp³-hybridized carbons (Fsp3) is 0.304. The second-order valence-electron chi connectivity index (χ2n) is 8.06. The van der Waals surface area contributed by atoms with Gasteiger partial charge < -0.3 is 10.7 Å². The molecule has 29 heavy (non-hydrogen) atoms. The summed E-state index contributed by atoms with van der Waals surface area (Å²) in [6, 6.07) is 14.6.